The van der Waals surface area contributed by atoms with Gasteiger partial charge in [0.1, 0.15) is 17.4 Å². The second kappa shape index (κ2) is 8.97. The molecule has 0 aliphatic carbocycles. The van der Waals surface area contributed by atoms with Gasteiger partial charge in [0.05, 0.1) is 37.1 Å². The molecule has 0 aliphatic rings. The Kier molecular flexibility index (Phi) is 5.93. The highest BCUT2D eigenvalue weighted by atomic mass is 16.5. The number of methoxy groups -OCH3 is 1. The number of ether oxygens (including phenoxy) is 1. The van der Waals surface area contributed by atoms with Crippen LogP contribution in [0.3, 0.4) is 0 Å². The van der Waals surface area contributed by atoms with Crippen molar-refractivity contribution in [2.75, 3.05) is 12.8 Å². The van der Waals surface area contributed by atoms with E-state index in [1.54, 1.807) is 42.7 Å². The maximum atomic E-state index is 13.7. The largest absolute Gasteiger partial charge is 0.495 e. The minimum absolute atomic E-state index is 0.154. The summed E-state index contributed by atoms with van der Waals surface area (Å²) in [6.07, 6.45) is 4.97. The first kappa shape index (κ1) is 21.2. The van der Waals surface area contributed by atoms with Crippen LogP contribution >= 0.6 is 0 Å². The predicted octanol–water partition coefficient (Wildman–Crippen LogP) is 3.72. The SMILES string of the molecule is COc1ccc(CN(C(=O)c2ccc3nc(N)c(C)cc3c2)[C@H](C)c2ncccn2)nc1. The van der Waals surface area contributed by atoms with E-state index in [4.69, 9.17) is 10.5 Å². The molecule has 0 radical (unpaired) electrons. The number of amides is 1. The number of benzene rings is 1. The number of carbonyl (C=O) groups excluding carboxylic acids is 1. The monoisotopic (exact) mass is 428 g/mol. The molecule has 0 spiro atoms. The molecule has 1 amide bonds. The van der Waals surface area contributed by atoms with Gasteiger partial charge in [-0.25, -0.2) is 15.0 Å². The number of carbonyl (C=O) groups is 1. The molecule has 0 fully saturated rings. The standard InChI is InChI=1S/C24H24N6O2/c1-15-11-18-12-17(5-8-21(18)29-22(15)25)24(31)30(16(2)23-26-9-4-10-27-23)14-19-6-7-20(32-3)13-28-19/h4-13,16H,14H2,1-3H3,(H2,25,29)/t16-/m1/s1. The minimum Gasteiger partial charge on any atom is -0.495 e. The zero-order chi connectivity index (χ0) is 22.7. The van der Waals surface area contributed by atoms with Crippen LogP contribution in [0, 0.1) is 6.92 Å². The lowest BCUT2D eigenvalue weighted by Crippen LogP contribution is -2.34. The van der Waals surface area contributed by atoms with Gasteiger partial charge >= 0.3 is 0 Å². The van der Waals surface area contributed by atoms with Gasteiger partial charge in [0.25, 0.3) is 5.91 Å². The summed E-state index contributed by atoms with van der Waals surface area (Å²) in [7, 11) is 1.59. The number of pyridine rings is 2. The van der Waals surface area contributed by atoms with Gasteiger partial charge in [-0.1, -0.05) is 0 Å². The Morgan fingerprint density at radius 3 is 2.59 bits per heavy atom. The fourth-order valence-electron chi connectivity index (χ4n) is 3.45. The van der Waals surface area contributed by atoms with E-state index in [0.717, 1.165) is 22.2 Å². The highest BCUT2D eigenvalue weighted by Gasteiger charge is 2.25. The molecular formula is C24H24N6O2. The third kappa shape index (κ3) is 4.34. The van der Waals surface area contributed by atoms with E-state index in [2.05, 4.69) is 19.9 Å². The number of aryl methyl sites for hydroxylation is 1. The average molecular weight is 428 g/mol. The van der Waals surface area contributed by atoms with Gasteiger partial charge < -0.3 is 15.4 Å². The number of nitrogens with zero attached hydrogens (tertiary/aromatic N) is 5. The lowest BCUT2D eigenvalue weighted by molar-refractivity contribution is 0.0663. The number of aromatic nitrogens is 4. The molecule has 3 heterocycles. The van der Waals surface area contributed by atoms with Gasteiger partial charge in [-0.15, -0.1) is 0 Å². The Labute approximate surface area is 186 Å². The van der Waals surface area contributed by atoms with Crippen LogP contribution in [0.25, 0.3) is 10.9 Å². The lowest BCUT2D eigenvalue weighted by Gasteiger charge is -2.28. The first-order chi connectivity index (χ1) is 15.5. The van der Waals surface area contributed by atoms with Crippen molar-refractivity contribution in [3.63, 3.8) is 0 Å². The summed E-state index contributed by atoms with van der Waals surface area (Å²) in [6.45, 7) is 4.09. The van der Waals surface area contributed by atoms with E-state index in [9.17, 15) is 4.79 Å². The zero-order valence-corrected chi connectivity index (χ0v) is 18.2. The highest BCUT2D eigenvalue weighted by Crippen LogP contribution is 2.25. The van der Waals surface area contributed by atoms with Crippen LogP contribution in [0.1, 0.15) is 40.4 Å². The molecule has 0 aliphatic heterocycles. The van der Waals surface area contributed by atoms with Gasteiger partial charge in [0.2, 0.25) is 0 Å². The summed E-state index contributed by atoms with van der Waals surface area (Å²) in [6, 6.07) is 12.4. The first-order valence-corrected chi connectivity index (χ1v) is 10.2. The molecule has 1 atom stereocenters. The summed E-state index contributed by atoms with van der Waals surface area (Å²) >= 11 is 0. The fraction of sp³-hybridized carbons (Fsp3) is 0.208. The normalized spacial score (nSPS) is 11.8. The zero-order valence-electron chi connectivity index (χ0n) is 18.2. The first-order valence-electron chi connectivity index (χ1n) is 10.2. The molecular weight excluding hydrogens is 404 g/mol. The Morgan fingerprint density at radius 1 is 1.12 bits per heavy atom. The van der Waals surface area contributed by atoms with E-state index >= 15 is 0 Å². The quantitative estimate of drug-likeness (QED) is 0.499. The van der Waals surface area contributed by atoms with Crippen molar-refractivity contribution in [3.05, 3.63) is 83.7 Å². The Balaban J connectivity index is 1.71. The third-order valence-corrected chi connectivity index (χ3v) is 5.34. The van der Waals surface area contributed by atoms with Crippen LogP contribution in [0.2, 0.25) is 0 Å². The van der Waals surface area contributed by atoms with Crippen molar-refractivity contribution in [1.82, 2.24) is 24.8 Å². The number of nitrogen functional groups attached to an aromatic ring is 1. The van der Waals surface area contributed by atoms with Gasteiger partial charge in [-0.05, 0) is 61.9 Å². The Morgan fingerprint density at radius 2 is 1.91 bits per heavy atom. The van der Waals surface area contributed by atoms with Crippen molar-refractivity contribution in [2.45, 2.75) is 26.4 Å². The molecule has 8 nitrogen and oxygen atoms in total. The number of nitrogens with two attached hydrogens (primary N) is 1. The minimum atomic E-state index is -0.366. The van der Waals surface area contributed by atoms with E-state index in [-0.39, 0.29) is 11.9 Å². The van der Waals surface area contributed by atoms with E-state index in [1.165, 1.54) is 0 Å². The third-order valence-electron chi connectivity index (χ3n) is 5.34. The summed E-state index contributed by atoms with van der Waals surface area (Å²) in [5.41, 5.74) is 8.81. The van der Waals surface area contributed by atoms with Crippen LogP contribution in [0.5, 0.6) is 5.75 Å². The smallest absolute Gasteiger partial charge is 0.254 e. The van der Waals surface area contributed by atoms with Crippen molar-refractivity contribution in [2.24, 2.45) is 0 Å². The average Bonchev–Trinajstić information content (AvgIpc) is 2.83. The van der Waals surface area contributed by atoms with Crippen molar-refractivity contribution < 1.29 is 9.53 Å². The molecule has 4 rings (SSSR count). The van der Waals surface area contributed by atoms with Gasteiger partial charge in [-0.3, -0.25) is 9.78 Å². The van der Waals surface area contributed by atoms with Gasteiger partial charge in [0.15, 0.2) is 0 Å². The second-order valence-electron chi connectivity index (χ2n) is 7.50. The van der Waals surface area contributed by atoms with Crippen molar-refractivity contribution in [1.29, 1.82) is 0 Å². The summed E-state index contributed by atoms with van der Waals surface area (Å²) < 4.78 is 5.19. The molecule has 0 saturated heterocycles. The molecule has 0 saturated carbocycles. The highest BCUT2D eigenvalue weighted by molar-refractivity contribution is 5.98. The molecule has 8 heteroatoms. The molecule has 4 aromatic rings. The molecule has 0 unspecified atom stereocenters. The number of fused-ring (bicyclic) bond motifs is 1. The lowest BCUT2D eigenvalue weighted by atomic mass is 10.1. The maximum Gasteiger partial charge on any atom is 0.254 e. The van der Waals surface area contributed by atoms with E-state index < -0.39 is 0 Å². The molecule has 2 N–H and O–H groups in total. The Bertz CT molecular complexity index is 1240. The van der Waals surface area contributed by atoms with Crippen LogP contribution in [0.15, 0.2) is 61.1 Å². The van der Waals surface area contributed by atoms with Gasteiger partial charge in [-0.2, -0.15) is 0 Å². The number of hydrogen-bond acceptors (Lipinski definition) is 7. The van der Waals surface area contributed by atoms with Crippen molar-refractivity contribution in [3.8, 4) is 5.75 Å². The number of hydrogen-bond donors (Lipinski definition) is 1. The van der Waals surface area contributed by atoms with Crippen molar-refractivity contribution >= 4 is 22.6 Å². The summed E-state index contributed by atoms with van der Waals surface area (Å²) in [5, 5.41) is 0.855. The maximum absolute atomic E-state index is 13.7. The number of anilines is 1. The second-order valence-corrected chi connectivity index (χ2v) is 7.50. The van der Waals surface area contributed by atoms with Crippen LogP contribution in [-0.4, -0.2) is 37.9 Å². The molecule has 3 aromatic heterocycles. The summed E-state index contributed by atoms with van der Waals surface area (Å²) in [5.74, 6) is 1.54. The molecule has 162 valence electrons. The Hall–Kier alpha value is -4.07. The van der Waals surface area contributed by atoms with Gasteiger partial charge in [0, 0.05) is 23.3 Å². The van der Waals surface area contributed by atoms with E-state index in [0.29, 0.717) is 29.5 Å². The fourth-order valence-corrected chi connectivity index (χ4v) is 3.45. The summed E-state index contributed by atoms with van der Waals surface area (Å²) in [4.78, 5) is 32.9. The number of rotatable bonds is 6. The van der Waals surface area contributed by atoms with Crippen LogP contribution in [-0.2, 0) is 6.54 Å². The topological polar surface area (TPSA) is 107 Å². The molecule has 32 heavy (non-hydrogen) atoms. The molecule has 1 aromatic carbocycles. The van der Waals surface area contributed by atoms with Crippen LogP contribution < -0.4 is 10.5 Å². The van der Waals surface area contributed by atoms with Crippen LogP contribution in [0.4, 0.5) is 5.82 Å². The molecule has 0 bridgehead atoms. The van der Waals surface area contributed by atoms with E-state index in [1.807, 2.05) is 44.2 Å². The predicted molar refractivity (Wildman–Crippen MR) is 122 cm³/mol.